The zero-order valence-electron chi connectivity index (χ0n) is 8.60. The Morgan fingerprint density at radius 3 is 2.23 bits per heavy atom. The molecule has 0 aromatic carbocycles. The van der Waals surface area contributed by atoms with Crippen LogP contribution in [0, 0.1) is 5.41 Å². The van der Waals surface area contributed by atoms with E-state index < -0.39 is 0 Å². The van der Waals surface area contributed by atoms with E-state index in [0.717, 1.165) is 6.54 Å². The Kier molecular flexibility index (Phi) is 2.89. The number of likely N-dealkylation sites (tertiary alicyclic amines) is 1. The van der Waals surface area contributed by atoms with Gasteiger partial charge in [0, 0.05) is 0 Å². The molecule has 76 valence electrons. The molecule has 2 fully saturated rings. The van der Waals surface area contributed by atoms with Crippen LogP contribution in [0.1, 0.15) is 38.5 Å². The van der Waals surface area contributed by atoms with Crippen molar-refractivity contribution in [3.05, 3.63) is 0 Å². The summed E-state index contributed by atoms with van der Waals surface area (Å²) in [5, 5.41) is 0. The molecular weight excluding hydrogens is 160 g/mol. The van der Waals surface area contributed by atoms with Gasteiger partial charge in [-0.3, -0.25) is 0 Å². The molecule has 0 bridgehead atoms. The third-order valence-electron chi connectivity index (χ3n) is 4.00. The average Bonchev–Trinajstić information content (AvgIpc) is 2.51. The van der Waals surface area contributed by atoms with Crippen molar-refractivity contribution < 1.29 is 0 Å². The normalized spacial score (nSPS) is 27.5. The van der Waals surface area contributed by atoms with Gasteiger partial charge in [0.15, 0.2) is 0 Å². The van der Waals surface area contributed by atoms with E-state index in [1.807, 2.05) is 0 Å². The number of nitrogens with two attached hydrogens (primary N) is 1. The Bertz CT molecular complexity index is 157. The van der Waals surface area contributed by atoms with Crippen molar-refractivity contribution in [3.63, 3.8) is 0 Å². The maximum Gasteiger partial charge on any atom is -0.000653 e. The second kappa shape index (κ2) is 3.97. The highest BCUT2D eigenvalue weighted by Gasteiger charge is 2.32. The average molecular weight is 182 g/mol. The van der Waals surface area contributed by atoms with E-state index in [1.54, 1.807) is 0 Å². The zero-order valence-corrected chi connectivity index (χ0v) is 8.60. The van der Waals surface area contributed by atoms with Gasteiger partial charge < -0.3 is 10.6 Å². The first kappa shape index (κ1) is 9.47. The summed E-state index contributed by atoms with van der Waals surface area (Å²) in [6.07, 6.45) is 8.36. The van der Waals surface area contributed by atoms with Crippen molar-refractivity contribution in [1.82, 2.24) is 4.90 Å². The van der Waals surface area contributed by atoms with Gasteiger partial charge in [0.1, 0.15) is 0 Å². The van der Waals surface area contributed by atoms with E-state index in [4.69, 9.17) is 5.73 Å². The van der Waals surface area contributed by atoms with Crippen molar-refractivity contribution in [2.75, 3.05) is 26.2 Å². The summed E-state index contributed by atoms with van der Waals surface area (Å²) in [5.41, 5.74) is 6.43. The van der Waals surface area contributed by atoms with E-state index >= 15 is 0 Å². The first-order valence-corrected chi connectivity index (χ1v) is 5.77. The van der Waals surface area contributed by atoms with Crippen molar-refractivity contribution in [3.8, 4) is 0 Å². The molecule has 0 radical (unpaired) electrons. The highest BCUT2D eigenvalue weighted by molar-refractivity contribution is 4.87. The fraction of sp³-hybridized carbons (Fsp3) is 1.00. The largest absolute Gasteiger partial charge is 0.330 e. The molecule has 2 N–H and O–H groups in total. The fourth-order valence-electron chi connectivity index (χ4n) is 2.68. The Hall–Kier alpha value is -0.0800. The van der Waals surface area contributed by atoms with Crippen LogP contribution in [0.3, 0.4) is 0 Å². The summed E-state index contributed by atoms with van der Waals surface area (Å²) in [7, 11) is 0. The summed E-state index contributed by atoms with van der Waals surface area (Å²) >= 11 is 0. The summed E-state index contributed by atoms with van der Waals surface area (Å²) in [5.74, 6) is 0. The molecule has 0 unspecified atom stereocenters. The minimum Gasteiger partial charge on any atom is -0.330 e. The van der Waals surface area contributed by atoms with Gasteiger partial charge in [0.2, 0.25) is 0 Å². The molecule has 0 aromatic heterocycles. The Morgan fingerprint density at radius 1 is 1.08 bits per heavy atom. The van der Waals surface area contributed by atoms with Gasteiger partial charge in [-0.25, -0.2) is 0 Å². The first-order chi connectivity index (χ1) is 6.35. The molecule has 1 saturated heterocycles. The summed E-state index contributed by atoms with van der Waals surface area (Å²) in [6.45, 7) is 4.89. The third kappa shape index (κ3) is 2.05. The lowest BCUT2D eigenvalue weighted by atomic mass is 9.82. The Morgan fingerprint density at radius 2 is 1.77 bits per heavy atom. The second-order valence-corrected chi connectivity index (χ2v) is 4.86. The smallest absolute Gasteiger partial charge is 0.000653 e. The van der Waals surface area contributed by atoms with Crippen molar-refractivity contribution >= 4 is 0 Å². The van der Waals surface area contributed by atoms with E-state index in [1.165, 1.54) is 58.2 Å². The minimum atomic E-state index is 0.537. The van der Waals surface area contributed by atoms with Crippen molar-refractivity contribution in [2.45, 2.75) is 38.5 Å². The van der Waals surface area contributed by atoms with Crippen LogP contribution in [0.2, 0.25) is 0 Å². The molecular formula is C11H22N2. The molecule has 13 heavy (non-hydrogen) atoms. The van der Waals surface area contributed by atoms with Crippen LogP contribution in [0.25, 0.3) is 0 Å². The maximum atomic E-state index is 5.90. The second-order valence-electron chi connectivity index (χ2n) is 4.86. The van der Waals surface area contributed by atoms with Crippen LogP contribution < -0.4 is 5.73 Å². The van der Waals surface area contributed by atoms with Crippen molar-refractivity contribution in [2.24, 2.45) is 11.1 Å². The third-order valence-corrected chi connectivity index (χ3v) is 4.00. The predicted octanol–water partition coefficient (Wildman–Crippen LogP) is 1.60. The maximum absolute atomic E-state index is 5.90. The lowest BCUT2D eigenvalue weighted by molar-refractivity contribution is 0.143. The molecule has 1 aliphatic carbocycles. The monoisotopic (exact) mass is 182 g/mol. The molecule has 2 rings (SSSR count). The first-order valence-electron chi connectivity index (χ1n) is 5.77. The van der Waals surface area contributed by atoms with Crippen LogP contribution in [-0.2, 0) is 0 Å². The summed E-state index contributed by atoms with van der Waals surface area (Å²) in [4.78, 5) is 2.57. The number of hydrogen-bond acceptors (Lipinski definition) is 2. The van der Waals surface area contributed by atoms with Crippen LogP contribution in [-0.4, -0.2) is 31.1 Å². The molecule has 2 heteroatoms. The number of hydrogen-bond donors (Lipinski definition) is 1. The minimum absolute atomic E-state index is 0.537. The molecule has 0 atom stereocenters. The molecule has 0 amide bonds. The molecule has 0 aromatic rings. The Labute approximate surface area is 81.5 Å². The quantitative estimate of drug-likeness (QED) is 0.715. The van der Waals surface area contributed by atoms with Gasteiger partial charge >= 0.3 is 0 Å². The standard InChI is InChI=1S/C11H22N2/c12-10-11(4-1-2-5-11)6-9-13-7-3-8-13/h1-10,12H2. The van der Waals surface area contributed by atoms with E-state index in [9.17, 15) is 0 Å². The van der Waals surface area contributed by atoms with Gasteiger partial charge in [0.25, 0.3) is 0 Å². The SMILES string of the molecule is NCC1(CCN2CCC2)CCCC1. The number of nitrogens with zero attached hydrogens (tertiary/aromatic N) is 1. The molecule has 0 spiro atoms. The van der Waals surface area contributed by atoms with Crippen molar-refractivity contribution in [1.29, 1.82) is 0 Å². The lowest BCUT2D eigenvalue weighted by Gasteiger charge is -2.35. The van der Waals surface area contributed by atoms with Gasteiger partial charge in [-0.15, -0.1) is 0 Å². The van der Waals surface area contributed by atoms with E-state index in [-0.39, 0.29) is 0 Å². The highest BCUT2D eigenvalue weighted by Crippen LogP contribution is 2.40. The highest BCUT2D eigenvalue weighted by atomic mass is 15.2. The van der Waals surface area contributed by atoms with Gasteiger partial charge in [0.05, 0.1) is 0 Å². The molecule has 1 saturated carbocycles. The molecule has 1 aliphatic heterocycles. The lowest BCUT2D eigenvalue weighted by Crippen LogP contribution is -2.41. The zero-order chi connectivity index (χ0) is 9.15. The number of rotatable bonds is 4. The molecule has 1 heterocycles. The van der Waals surface area contributed by atoms with Gasteiger partial charge in [-0.1, -0.05) is 12.8 Å². The van der Waals surface area contributed by atoms with E-state index in [2.05, 4.69) is 4.90 Å². The molecule has 2 aliphatic rings. The topological polar surface area (TPSA) is 29.3 Å². The van der Waals surface area contributed by atoms with E-state index in [0.29, 0.717) is 5.41 Å². The predicted molar refractivity (Wildman–Crippen MR) is 55.6 cm³/mol. The molecule has 2 nitrogen and oxygen atoms in total. The fourth-order valence-corrected chi connectivity index (χ4v) is 2.68. The summed E-state index contributed by atoms with van der Waals surface area (Å²) in [6, 6.07) is 0. The van der Waals surface area contributed by atoms with Gasteiger partial charge in [-0.05, 0) is 57.3 Å². The van der Waals surface area contributed by atoms with Crippen LogP contribution in [0.5, 0.6) is 0 Å². The van der Waals surface area contributed by atoms with Gasteiger partial charge in [-0.2, -0.15) is 0 Å². The summed E-state index contributed by atoms with van der Waals surface area (Å²) < 4.78 is 0. The van der Waals surface area contributed by atoms with Crippen LogP contribution >= 0.6 is 0 Å². The van der Waals surface area contributed by atoms with Crippen LogP contribution in [0.4, 0.5) is 0 Å². The Balaban J connectivity index is 1.75. The van der Waals surface area contributed by atoms with Crippen LogP contribution in [0.15, 0.2) is 0 Å².